The molecule has 1 fully saturated rings. The van der Waals surface area contributed by atoms with Crippen LogP contribution in [0.1, 0.15) is 38.9 Å². The molecular formula is C13H22BrN3O2. The number of nitrogens with one attached hydrogen (secondary N) is 1. The van der Waals surface area contributed by atoms with E-state index in [0.29, 0.717) is 13.0 Å². The Hall–Kier alpha value is -0.430. The summed E-state index contributed by atoms with van der Waals surface area (Å²) in [4.78, 5) is 0. The predicted molar refractivity (Wildman–Crippen MR) is 77.1 cm³/mol. The first-order chi connectivity index (χ1) is 8.92. The predicted octanol–water partition coefficient (Wildman–Crippen LogP) is 1.81. The lowest BCUT2D eigenvalue weighted by Crippen LogP contribution is -2.45. The highest BCUT2D eigenvalue weighted by Crippen LogP contribution is 2.33. The van der Waals surface area contributed by atoms with Gasteiger partial charge in [-0.05, 0) is 43.1 Å². The average molecular weight is 332 g/mol. The van der Waals surface area contributed by atoms with Crippen LogP contribution in [0.5, 0.6) is 0 Å². The summed E-state index contributed by atoms with van der Waals surface area (Å²) in [7, 11) is 0. The summed E-state index contributed by atoms with van der Waals surface area (Å²) < 4.78 is 8.16. The average Bonchev–Trinajstić information content (AvgIpc) is 2.73. The van der Waals surface area contributed by atoms with Crippen LogP contribution in [-0.4, -0.2) is 40.7 Å². The minimum atomic E-state index is -0.946. The van der Waals surface area contributed by atoms with Gasteiger partial charge >= 0.3 is 0 Å². The van der Waals surface area contributed by atoms with Crippen molar-refractivity contribution in [2.24, 2.45) is 0 Å². The van der Waals surface area contributed by atoms with Gasteiger partial charge in [0, 0.05) is 18.6 Å². The molecule has 0 aromatic carbocycles. The van der Waals surface area contributed by atoms with E-state index in [1.165, 1.54) is 0 Å². The van der Waals surface area contributed by atoms with Crippen LogP contribution in [0.4, 0.5) is 0 Å². The maximum atomic E-state index is 10.9. The molecule has 1 aromatic heterocycles. The largest absolute Gasteiger partial charge is 0.384 e. The van der Waals surface area contributed by atoms with E-state index in [-0.39, 0.29) is 12.1 Å². The summed E-state index contributed by atoms with van der Waals surface area (Å²) in [6.45, 7) is 8.17. The van der Waals surface area contributed by atoms with Gasteiger partial charge in [-0.1, -0.05) is 0 Å². The lowest BCUT2D eigenvalue weighted by Gasteiger charge is -2.32. The number of aliphatic hydroxyl groups is 1. The number of halogens is 1. The number of hydrogen-bond acceptors (Lipinski definition) is 4. The molecule has 0 spiro atoms. The lowest BCUT2D eigenvalue weighted by molar-refractivity contribution is -0.00350. The van der Waals surface area contributed by atoms with E-state index >= 15 is 0 Å². The van der Waals surface area contributed by atoms with E-state index in [2.05, 4.69) is 40.2 Å². The van der Waals surface area contributed by atoms with Crippen LogP contribution in [0, 0.1) is 0 Å². The maximum absolute atomic E-state index is 10.9. The van der Waals surface area contributed by atoms with Crippen LogP contribution in [0.15, 0.2) is 10.7 Å². The van der Waals surface area contributed by atoms with E-state index in [4.69, 9.17) is 4.74 Å². The van der Waals surface area contributed by atoms with Crippen LogP contribution in [0.3, 0.4) is 0 Å². The number of nitrogens with zero attached hydrogens (tertiary/aromatic N) is 2. The first kappa shape index (κ1) is 15.0. The van der Waals surface area contributed by atoms with Gasteiger partial charge in [0.05, 0.1) is 29.6 Å². The minimum absolute atomic E-state index is 0.172. The van der Waals surface area contributed by atoms with E-state index in [9.17, 15) is 5.11 Å². The van der Waals surface area contributed by atoms with Gasteiger partial charge in [0.2, 0.25) is 0 Å². The second kappa shape index (κ2) is 5.91. The first-order valence-corrected chi connectivity index (χ1v) is 7.48. The van der Waals surface area contributed by atoms with E-state index in [1.807, 2.05) is 11.6 Å². The zero-order chi connectivity index (χ0) is 14.0. The van der Waals surface area contributed by atoms with E-state index in [1.54, 1.807) is 6.20 Å². The molecule has 2 unspecified atom stereocenters. The maximum Gasteiger partial charge on any atom is 0.106 e. The topological polar surface area (TPSA) is 59.3 Å². The van der Waals surface area contributed by atoms with Gasteiger partial charge in [-0.15, -0.1) is 0 Å². The Labute approximate surface area is 122 Å². The summed E-state index contributed by atoms with van der Waals surface area (Å²) in [5.41, 5.74) is -0.118. The fourth-order valence-electron chi connectivity index (χ4n) is 2.56. The first-order valence-electron chi connectivity index (χ1n) is 6.69. The molecule has 1 aromatic rings. The third kappa shape index (κ3) is 3.37. The number of aromatic nitrogens is 2. The van der Waals surface area contributed by atoms with Crippen LogP contribution in [0.2, 0.25) is 0 Å². The highest BCUT2D eigenvalue weighted by atomic mass is 79.9. The molecule has 2 atom stereocenters. The van der Waals surface area contributed by atoms with Crippen molar-refractivity contribution in [1.29, 1.82) is 0 Å². The Bertz CT molecular complexity index is 426. The SMILES string of the molecule is CC(C)n1ncc(Br)c1C(C)(O)CC1COCCN1. The third-order valence-electron chi connectivity index (χ3n) is 3.39. The highest BCUT2D eigenvalue weighted by molar-refractivity contribution is 9.10. The second-order valence-corrected chi connectivity index (χ2v) is 6.44. The molecule has 1 aliphatic rings. The van der Waals surface area contributed by atoms with Gasteiger partial charge in [-0.3, -0.25) is 4.68 Å². The van der Waals surface area contributed by atoms with Crippen LogP contribution >= 0.6 is 15.9 Å². The van der Waals surface area contributed by atoms with Gasteiger partial charge in [-0.2, -0.15) is 5.10 Å². The fraction of sp³-hybridized carbons (Fsp3) is 0.769. The lowest BCUT2D eigenvalue weighted by atomic mass is 9.93. The minimum Gasteiger partial charge on any atom is -0.384 e. The quantitative estimate of drug-likeness (QED) is 0.883. The van der Waals surface area contributed by atoms with Gasteiger partial charge in [0.1, 0.15) is 5.60 Å². The third-order valence-corrected chi connectivity index (χ3v) is 3.97. The Kier molecular flexibility index (Phi) is 4.66. The zero-order valence-corrected chi connectivity index (χ0v) is 13.3. The van der Waals surface area contributed by atoms with E-state index < -0.39 is 5.60 Å². The normalized spacial score (nSPS) is 23.6. The fourth-order valence-corrected chi connectivity index (χ4v) is 3.26. The van der Waals surface area contributed by atoms with Crippen LogP contribution < -0.4 is 5.32 Å². The van der Waals surface area contributed by atoms with Gasteiger partial charge in [0.25, 0.3) is 0 Å². The molecule has 0 bridgehead atoms. The summed E-state index contributed by atoms with van der Waals surface area (Å²) in [5.74, 6) is 0. The van der Waals surface area contributed by atoms with Crippen molar-refractivity contribution >= 4 is 15.9 Å². The van der Waals surface area contributed by atoms with Crippen LogP contribution in [-0.2, 0) is 10.3 Å². The van der Waals surface area contributed by atoms with Crippen molar-refractivity contribution in [2.75, 3.05) is 19.8 Å². The molecule has 5 nitrogen and oxygen atoms in total. The van der Waals surface area contributed by atoms with E-state index in [0.717, 1.165) is 23.3 Å². The standard InChI is InChI=1S/C13H22BrN3O2/c1-9(2)17-12(11(14)7-16-17)13(3,18)6-10-8-19-5-4-15-10/h7,9-10,15,18H,4-6,8H2,1-3H3. The zero-order valence-electron chi connectivity index (χ0n) is 11.7. The Morgan fingerprint density at radius 2 is 2.42 bits per heavy atom. The highest BCUT2D eigenvalue weighted by Gasteiger charge is 2.34. The number of morpholine rings is 1. The van der Waals surface area contributed by atoms with Crippen LogP contribution in [0.25, 0.3) is 0 Å². The molecular weight excluding hydrogens is 310 g/mol. The Morgan fingerprint density at radius 3 is 3.00 bits per heavy atom. The molecule has 0 radical (unpaired) electrons. The van der Waals surface area contributed by atoms with Crippen molar-refractivity contribution < 1.29 is 9.84 Å². The molecule has 2 heterocycles. The van der Waals surface area contributed by atoms with Gasteiger partial charge in [0.15, 0.2) is 0 Å². The van der Waals surface area contributed by atoms with Crippen molar-refractivity contribution in [3.8, 4) is 0 Å². The summed E-state index contributed by atoms with van der Waals surface area (Å²) in [6, 6.07) is 0.384. The number of ether oxygens (including phenoxy) is 1. The summed E-state index contributed by atoms with van der Waals surface area (Å²) >= 11 is 3.49. The Morgan fingerprint density at radius 1 is 1.68 bits per heavy atom. The molecule has 1 aliphatic heterocycles. The molecule has 0 amide bonds. The van der Waals surface area contributed by atoms with Crippen molar-refractivity contribution in [2.45, 2.75) is 44.9 Å². The number of hydrogen-bond donors (Lipinski definition) is 2. The molecule has 6 heteroatoms. The molecule has 1 saturated heterocycles. The van der Waals surface area contributed by atoms with Crippen molar-refractivity contribution in [3.63, 3.8) is 0 Å². The molecule has 2 rings (SSSR count). The van der Waals surface area contributed by atoms with Gasteiger partial charge < -0.3 is 15.2 Å². The second-order valence-electron chi connectivity index (χ2n) is 5.58. The van der Waals surface area contributed by atoms with Crippen molar-refractivity contribution in [3.05, 3.63) is 16.4 Å². The summed E-state index contributed by atoms with van der Waals surface area (Å²) in [6.07, 6.45) is 2.35. The summed E-state index contributed by atoms with van der Waals surface area (Å²) in [5, 5.41) is 18.6. The molecule has 2 N–H and O–H groups in total. The monoisotopic (exact) mass is 331 g/mol. The van der Waals surface area contributed by atoms with Gasteiger partial charge in [-0.25, -0.2) is 0 Å². The molecule has 0 saturated carbocycles. The molecule has 0 aliphatic carbocycles. The smallest absolute Gasteiger partial charge is 0.106 e. The number of rotatable bonds is 4. The molecule has 108 valence electrons. The molecule has 19 heavy (non-hydrogen) atoms. The van der Waals surface area contributed by atoms with Crippen molar-refractivity contribution in [1.82, 2.24) is 15.1 Å². The Balaban J connectivity index is 2.20.